The van der Waals surface area contributed by atoms with E-state index in [-0.39, 0.29) is 0 Å². The maximum absolute atomic E-state index is 4.50. The van der Waals surface area contributed by atoms with Crippen molar-refractivity contribution in [1.82, 2.24) is 15.3 Å². The van der Waals surface area contributed by atoms with Gasteiger partial charge in [-0.25, -0.2) is 9.97 Å². The standard InChI is InChI=1S/C14H18N4/c1-11-16-10-12-13(17-11)4-2-5-14(12)18-8-3-6-15-7-9-18/h2,4-5,10,15H,3,6-9H2,1H3. The van der Waals surface area contributed by atoms with Crippen LogP contribution in [-0.2, 0) is 0 Å². The molecule has 0 spiro atoms. The Balaban J connectivity index is 2.04. The van der Waals surface area contributed by atoms with E-state index in [9.17, 15) is 0 Å². The van der Waals surface area contributed by atoms with Gasteiger partial charge in [-0.1, -0.05) is 6.07 Å². The summed E-state index contributed by atoms with van der Waals surface area (Å²) in [6, 6.07) is 6.32. The lowest BCUT2D eigenvalue weighted by molar-refractivity contribution is 0.724. The van der Waals surface area contributed by atoms with Crippen LogP contribution in [0.5, 0.6) is 0 Å². The zero-order valence-corrected chi connectivity index (χ0v) is 10.7. The van der Waals surface area contributed by atoms with Crippen LogP contribution in [0.3, 0.4) is 0 Å². The zero-order valence-electron chi connectivity index (χ0n) is 10.7. The molecule has 0 radical (unpaired) electrons. The van der Waals surface area contributed by atoms with E-state index in [1.54, 1.807) is 0 Å². The molecule has 1 aromatic heterocycles. The quantitative estimate of drug-likeness (QED) is 0.827. The van der Waals surface area contributed by atoms with Gasteiger partial charge in [-0.2, -0.15) is 0 Å². The van der Waals surface area contributed by atoms with E-state index in [1.165, 1.54) is 12.1 Å². The Hall–Kier alpha value is -1.68. The first-order valence-corrected chi connectivity index (χ1v) is 6.52. The molecule has 1 aromatic carbocycles. The molecule has 3 rings (SSSR count). The van der Waals surface area contributed by atoms with Crippen LogP contribution in [-0.4, -0.2) is 36.1 Å². The van der Waals surface area contributed by atoms with Crippen molar-refractivity contribution < 1.29 is 0 Å². The number of rotatable bonds is 1. The second kappa shape index (κ2) is 4.90. The molecule has 94 valence electrons. The maximum atomic E-state index is 4.50. The first kappa shape index (κ1) is 11.4. The van der Waals surface area contributed by atoms with Crippen molar-refractivity contribution >= 4 is 16.6 Å². The van der Waals surface area contributed by atoms with Crippen molar-refractivity contribution in [2.45, 2.75) is 13.3 Å². The van der Waals surface area contributed by atoms with Gasteiger partial charge in [0.1, 0.15) is 5.82 Å². The van der Waals surface area contributed by atoms with E-state index < -0.39 is 0 Å². The van der Waals surface area contributed by atoms with Gasteiger partial charge in [0.25, 0.3) is 0 Å². The van der Waals surface area contributed by atoms with Crippen LogP contribution in [0, 0.1) is 6.92 Å². The molecule has 0 unspecified atom stereocenters. The zero-order chi connectivity index (χ0) is 12.4. The Morgan fingerprint density at radius 1 is 1.22 bits per heavy atom. The highest BCUT2D eigenvalue weighted by atomic mass is 15.2. The highest BCUT2D eigenvalue weighted by Crippen LogP contribution is 2.25. The van der Waals surface area contributed by atoms with Crippen LogP contribution in [0.2, 0.25) is 0 Å². The molecule has 2 aromatic rings. The number of hydrogen-bond donors (Lipinski definition) is 1. The topological polar surface area (TPSA) is 41.1 Å². The molecule has 0 amide bonds. The smallest absolute Gasteiger partial charge is 0.125 e. The van der Waals surface area contributed by atoms with E-state index >= 15 is 0 Å². The number of nitrogens with one attached hydrogen (secondary N) is 1. The highest BCUT2D eigenvalue weighted by molar-refractivity contribution is 5.91. The summed E-state index contributed by atoms with van der Waals surface area (Å²) in [5.41, 5.74) is 2.30. The third-order valence-corrected chi connectivity index (χ3v) is 3.40. The Kier molecular flexibility index (Phi) is 3.11. The summed E-state index contributed by atoms with van der Waals surface area (Å²) in [5.74, 6) is 0.831. The number of aryl methyl sites for hydroxylation is 1. The van der Waals surface area contributed by atoms with Gasteiger partial charge in [0.15, 0.2) is 0 Å². The molecule has 4 nitrogen and oxygen atoms in total. The normalized spacial score (nSPS) is 16.8. The van der Waals surface area contributed by atoms with Crippen LogP contribution >= 0.6 is 0 Å². The van der Waals surface area contributed by atoms with Gasteiger partial charge in [0, 0.05) is 36.9 Å². The lowest BCUT2D eigenvalue weighted by atomic mass is 10.2. The number of nitrogens with zero attached hydrogens (tertiary/aromatic N) is 3. The molecule has 1 N–H and O–H groups in total. The average molecular weight is 242 g/mol. The van der Waals surface area contributed by atoms with Gasteiger partial charge in [-0.15, -0.1) is 0 Å². The molecule has 0 saturated carbocycles. The number of hydrogen-bond acceptors (Lipinski definition) is 4. The fourth-order valence-corrected chi connectivity index (χ4v) is 2.49. The second-order valence-corrected chi connectivity index (χ2v) is 4.72. The molecular weight excluding hydrogens is 224 g/mol. The van der Waals surface area contributed by atoms with Gasteiger partial charge in [-0.3, -0.25) is 0 Å². The molecule has 2 heterocycles. The first-order chi connectivity index (χ1) is 8.84. The summed E-state index contributed by atoms with van der Waals surface area (Å²) in [5, 5.41) is 4.59. The van der Waals surface area contributed by atoms with Crippen LogP contribution in [0.15, 0.2) is 24.4 Å². The summed E-state index contributed by atoms with van der Waals surface area (Å²) in [4.78, 5) is 11.3. The summed E-state index contributed by atoms with van der Waals surface area (Å²) in [7, 11) is 0. The third-order valence-electron chi connectivity index (χ3n) is 3.40. The van der Waals surface area contributed by atoms with Gasteiger partial charge in [0.2, 0.25) is 0 Å². The minimum absolute atomic E-state index is 0.831. The van der Waals surface area contributed by atoms with Crippen molar-refractivity contribution in [1.29, 1.82) is 0 Å². The Morgan fingerprint density at radius 3 is 3.11 bits per heavy atom. The molecule has 0 atom stereocenters. The molecule has 0 bridgehead atoms. The van der Waals surface area contributed by atoms with Gasteiger partial charge < -0.3 is 10.2 Å². The minimum atomic E-state index is 0.831. The predicted octanol–water partition coefficient (Wildman–Crippen LogP) is 1.74. The van der Waals surface area contributed by atoms with E-state index in [1.807, 2.05) is 13.1 Å². The van der Waals surface area contributed by atoms with E-state index in [0.717, 1.165) is 42.9 Å². The third kappa shape index (κ3) is 2.16. The minimum Gasteiger partial charge on any atom is -0.370 e. The number of benzene rings is 1. The molecule has 1 fully saturated rings. The van der Waals surface area contributed by atoms with Crippen LogP contribution in [0.1, 0.15) is 12.2 Å². The summed E-state index contributed by atoms with van der Waals surface area (Å²) in [6.07, 6.45) is 3.13. The monoisotopic (exact) mass is 242 g/mol. The van der Waals surface area contributed by atoms with Crippen molar-refractivity contribution in [3.8, 4) is 0 Å². The molecule has 18 heavy (non-hydrogen) atoms. The second-order valence-electron chi connectivity index (χ2n) is 4.72. The van der Waals surface area contributed by atoms with Crippen molar-refractivity contribution in [3.63, 3.8) is 0 Å². The van der Waals surface area contributed by atoms with Crippen LogP contribution < -0.4 is 10.2 Å². The number of anilines is 1. The van der Waals surface area contributed by atoms with Crippen LogP contribution in [0.25, 0.3) is 10.9 Å². The average Bonchev–Trinajstić information content (AvgIpc) is 2.66. The first-order valence-electron chi connectivity index (χ1n) is 6.52. The fraction of sp³-hybridized carbons (Fsp3) is 0.429. The van der Waals surface area contributed by atoms with Gasteiger partial charge >= 0.3 is 0 Å². The van der Waals surface area contributed by atoms with E-state index in [0.29, 0.717) is 0 Å². The summed E-state index contributed by atoms with van der Waals surface area (Å²) in [6.45, 7) is 6.23. The summed E-state index contributed by atoms with van der Waals surface area (Å²) >= 11 is 0. The molecule has 1 saturated heterocycles. The lowest BCUT2D eigenvalue weighted by Gasteiger charge is -2.23. The van der Waals surface area contributed by atoms with Crippen molar-refractivity contribution in [2.75, 3.05) is 31.1 Å². The van der Waals surface area contributed by atoms with Crippen LogP contribution in [0.4, 0.5) is 5.69 Å². The van der Waals surface area contributed by atoms with Crippen molar-refractivity contribution in [2.24, 2.45) is 0 Å². The van der Waals surface area contributed by atoms with Crippen molar-refractivity contribution in [3.05, 3.63) is 30.2 Å². The molecule has 1 aliphatic heterocycles. The van der Waals surface area contributed by atoms with E-state index in [2.05, 4.69) is 38.4 Å². The number of aromatic nitrogens is 2. The molecule has 4 heteroatoms. The van der Waals surface area contributed by atoms with Gasteiger partial charge in [0.05, 0.1) is 5.52 Å². The largest absolute Gasteiger partial charge is 0.370 e. The predicted molar refractivity (Wildman–Crippen MR) is 74.0 cm³/mol. The molecule has 0 aliphatic carbocycles. The highest BCUT2D eigenvalue weighted by Gasteiger charge is 2.12. The summed E-state index contributed by atoms with van der Waals surface area (Å²) < 4.78 is 0. The lowest BCUT2D eigenvalue weighted by Crippen LogP contribution is -2.27. The fourth-order valence-electron chi connectivity index (χ4n) is 2.49. The molecular formula is C14H18N4. The number of fused-ring (bicyclic) bond motifs is 1. The Morgan fingerprint density at radius 2 is 2.17 bits per heavy atom. The Labute approximate surface area is 107 Å². The Bertz CT molecular complexity index is 544. The molecule has 1 aliphatic rings. The van der Waals surface area contributed by atoms with Gasteiger partial charge in [-0.05, 0) is 32.0 Å². The van der Waals surface area contributed by atoms with E-state index in [4.69, 9.17) is 0 Å². The maximum Gasteiger partial charge on any atom is 0.125 e. The SMILES string of the molecule is Cc1ncc2c(N3CCCNCC3)cccc2n1.